The number of nitriles is 1. The van der Waals surface area contributed by atoms with Crippen molar-refractivity contribution in [2.75, 3.05) is 26.3 Å². The second-order valence-corrected chi connectivity index (χ2v) is 8.07. The summed E-state index contributed by atoms with van der Waals surface area (Å²) in [7, 11) is 0. The lowest BCUT2D eigenvalue weighted by molar-refractivity contribution is 0.0303. The molecule has 176 valence electrons. The molecule has 9 nitrogen and oxygen atoms in total. The minimum absolute atomic E-state index is 0.0241. The Kier molecular flexibility index (Phi) is 6.39. The maximum absolute atomic E-state index is 12.6. The standard InChI is InChI=1S/C27H21N7O2/c28-16-22-15-20(23-9-10-30-26(23)33-22)5-6-21-17-31-25(32-21)8-7-24(29)18-1-3-19(4-2-18)27(35)34-11-13-36-14-12-34/h1-4,7-10,15,17,29H,11-14H2,(H,30,33)(H,31,32)/b8-7-,29-24?. The predicted octanol–water partition coefficient (Wildman–Crippen LogP) is 3.11. The van der Waals surface area contributed by atoms with Gasteiger partial charge in [0.05, 0.1) is 25.1 Å². The third kappa shape index (κ3) is 4.92. The van der Waals surface area contributed by atoms with Crippen LogP contribution in [0.3, 0.4) is 0 Å². The summed E-state index contributed by atoms with van der Waals surface area (Å²) >= 11 is 0. The summed E-state index contributed by atoms with van der Waals surface area (Å²) in [6.45, 7) is 2.30. The van der Waals surface area contributed by atoms with Crippen LogP contribution in [0.4, 0.5) is 0 Å². The number of pyridine rings is 1. The maximum Gasteiger partial charge on any atom is 0.254 e. The van der Waals surface area contributed by atoms with Crippen LogP contribution in [-0.2, 0) is 4.74 Å². The van der Waals surface area contributed by atoms with Crippen molar-refractivity contribution in [3.8, 4) is 17.9 Å². The molecule has 0 unspecified atom stereocenters. The number of allylic oxidation sites excluding steroid dienone is 1. The summed E-state index contributed by atoms with van der Waals surface area (Å²) < 4.78 is 5.30. The number of hydrogen-bond donors (Lipinski definition) is 3. The Morgan fingerprint density at radius 3 is 2.69 bits per heavy atom. The monoisotopic (exact) mass is 475 g/mol. The Bertz CT molecular complexity index is 1570. The van der Waals surface area contributed by atoms with Gasteiger partial charge in [0, 0.05) is 35.8 Å². The van der Waals surface area contributed by atoms with Crippen LogP contribution in [0.15, 0.2) is 54.9 Å². The number of fused-ring (bicyclic) bond motifs is 1. The molecule has 1 aliphatic heterocycles. The average Bonchev–Trinajstić information content (AvgIpc) is 3.60. The van der Waals surface area contributed by atoms with E-state index < -0.39 is 0 Å². The maximum atomic E-state index is 12.6. The zero-order chi connectivity index (χ0) is 24.9. The number of morpholine rings is 1. The van der Waals surface area contributed by atoms with Crippen molar-refractivity contribution in [2.24, 2.45) is 0 Å². The second-order valence-electron chi connectivity index (χ2n) is 8.07. The van der Waals surface area contributed by atoms with Crippen molar-refractivity contribution >= 4 is 28.7 Å². The van der Waals surface area contributed by atoms with E-state index in [-0.39, 0.29) is 5.91 Å². The SMILES string of the molecule is N#Cc1cc(C#Cc2cnc(/C=C\C(=N)c3ccc(C(=O)N4CCOCC4)cc3)[nH]2)c2cc[nH]c2n1. The summed E-state index contributed by atoms with van der Waals surface area (Å²) in [5.74, 6) is 6.63. The number of nitrogens with one attached hydrogen (secondary N) is 3. The van der Waals surface area contributed by atoms with E-state index in [0.717, 1.165) is 5.39 Å². The molecular formula is C27H21N7O2. The Morgan fingerprint density at radius 1 is 1.14 bits per heavy atom. The molecule has 1 amide bonds. The molecule has 9 heteroatoms. The summed E-state index contributed by atoms with van der Waals surface area (Å²) in [5.41, 5.74) is 3.79. The number of rotatable bonds is 4. The lowest BCUT2D eigenvalue weighted by Crippen LogP contribution is -2.40. The molecule has 0 bridgehead atoms. The molecule has 3 N–H and O–H groups in total. The fourth-order valence-corrected chi connectivity index (χ4v) is 3.82. The highest BCUT2D eigenvalue weighted by molar-refractivity contribution is 6.09. The van der Waals surface area contributed by atoms with Gasteiger partial charge in [-0.1, -0.05) is 18.1 Å². The van der Waals surface area contributed by atoms with Crippen LogP contribution in [0.5, 0.6) is 0 Å². The smallest absolute Gasteiger partial charge is 0.254 e. The largest absolute Gasteiger partial charge is 0.378 e. The number of aromatic nitrogens is 4. The normalized spacial score (nSPS) is 13.4. The summed E-state index contributed by atoms with van der Waals surface area (Å²) in [6.07, 6.45) is 6.71. The molecular weight excluding hydrogens is 454 g/mol. The van der Waals surface area contributed by atoms with Gasteiger partial charge in [-0.15, -0.1) is 0 Å². The van der Waals surface area contributed by atoms with Crippen molar-refractivity contribution in [3.05, 3.63) is 88.8 Å². The van der Waals surface area contributed by atoms with Gasteiger partial charge in [0.1, 0.15) is 28.9 Å². The van der Waals surface area contributed by atoms with Crippen LogP contribution in [0, 0.1) is 28.6 Å². The Hall–Kier alpha value is -4.99. The topological polar surface area (TPSA) is 135 Å². The molecule has 0 radical (unpaired) electrons. The zero-order valence-electron chi connectivity index (χ0n) is 19.2. The van der Waals surface area contributed by atoms with Gasteiger partial charge in [0.2, 0.25) is 0 Å². The number of imidazole rings is 1. The number of ether oxygens (including phenoxy) is 1. The molecule has 0 saturated carbocycles. The van der Waals surface area contributed by atoms with Gasteiger partial charge in [-0.05, 0) is 47.9 Å². The molecule has 1 aromatic carbocycles. The molecule has 0 atom stereocenters. The number of H-pyrrole nitrogens is 2. The number of carbonyl (C=O) groups is 1. The molecule has 0 spiro atoms. The van der Waals surface area contributed by atoms with Crippen molar-refractivity contribution < 1.29 is 9.53 Å². The van der Waals surface area contributed by atoms with E-state index in [1.165, 1.54) is 0 Å². The molecule has 1 aliphatic rings. The average molecular weight is 476 g/mol. The van der Waals surface area contributed by atoms with E-state index in [4.69, 9.17) is 10.1 Å². The molecule has 4 heterocycles. The Morgan fingerprint density at radius 2 is 1.92 bits per heavy atom. The van der Waals surface area contributed by atoms with E-state index in [1.807, 2.05) is 12.1 Å². The second kappa shape index (κ2) is 10.1. The predicted molar refractivity (Wildman–Crippen MR) is 134 cm³/mol. The van der Waals surface area contributed by atoms with Crippen molar-refractivity contribution in [1.29, 1.82) is 10.7 Å². The third-order valence-corrected chi connectivity index (χ3v) is 5.72. The van der Waals surface area contributed by atoms with Gasteiger partial charge in [0.15, 0.2) is 0 Å². The van der Waals surface area contributed by atoms with Crippen molar-refractivity contribution in [1.82, 2.24) is 24.8 Å². The number of nitrogens with zero attached hydrogens (tertiary/aromatic N) is 4. The van der Waals surface area contributed by atoms with Crippen LogP contribution in [-0.4, -0.2) is 62.8 Å². The van der Waals surface area contributed by atoms with E-state index in [0.29, 0.717) is 71.6 Å². The first-order valence-electron chi connectivity index (χ1n) is 11.3. The third-order valence-electron chi connectivity index (χ3n) is 5.72. The van der Waals surface area contributed by atoms with Gasteiger partial charge < -0.3 is 25.0 Å². The van der Waals surface area contributed by atoms with Crippen LogP contribution in [0.25, 0.3) is 17.1 Å². The summed E-state index contributed by atoms with van der Waals surface area (Å²) in [5, 5.41) is 18.4. The first-order valence-corrected chi connectivity index (χ1v) is 11.3. The molecule has 4 aromatic rings. The molecule has 1 fully saturated rings. The number of hydrogen-bond acceptors (Lipinski definition) is 6. The number of amides is 1. The zero-order valence-corrected chi connectivity index (χ0v) is 19.2. The summed E-state index contributed by atoms with van der Waals surface area (Å²) in [4.78, 5) is 29.0. The van der Waals surface area contributed by atoms with Gasteiger partial charge in [0.25, 0.3) is 5.91 Å². The van der Waals surface area contributed by atoms with E-state index in [9.17, 15) is 10.1 Å². The highest BCUT2D eigenvalue weighted by Gasteiger charge is 2.18. The van der Waals surface area contributed by atoms with Crippen LogP contribution in [0.2, 0.25) is 0 Å². The molecule has 5 rings (SSSR count). The van der Waals surface area contributed by atoms with Crippen molar-refractivity contribution in [2.45, 2.75) is 0 Å². The van der Waals surface area contributed by atoms with Crippen LogP contribution in [0.1, 0.15) is 38.7 Å². The lowest BCUT2D eigenvalue weighted by atomic mass is 10.1. The summed E-state index contributed by atoms with van der Waals surface area (Å²) in [6, 6.07) is 12.6. The van der Waals surface area contributed by atoms with Gasteiger partial charge in [-0.3, -0.25) is 4.79 Å². The lowest BCUT2D eigenvalue weighted by Gasteiger charge is -2.26. The van der Waals surface area contributed by atoms with E-state index >= 15 is 0 Å². The molecule has 3 aromatic heterocycles. The van der Waals surface area contributed by atoms with E-state index in [2.05, 4.69) is 31.8 Å². The highest BCUT2D eigenvalue weighted by atomic mass is 16.5. The molecule has 0 aliphatic carbocycles. The molecule has 1 saturated heterocycles. The van der Waals surface area contributed by atoms with Gasteiger partial charge in [-0.25, -0.2) is 9.97 Å². The van der Waals surface area contributed by atoms with Gasteiger partial charge >= 0.3 is 0 Å². The fourth-order valence-electron chi connectivity index (χ4n) is 3.82. The quantitative estimate of drug-likeness (QED) is 0.308. The number of carbonyl (C=O) groups excluding carboxylic acids is 1. The Labute approximate surface area is 207 Å². The van der Waals surface area contributed by atoms with Crippen LogP contribution < -0.4 is 0 Å². The van der Waals surface area contributed by atoms with Gasteiger partial charge in [-0.2, -0.15) is 5.26 Å². The Balaban J connectivity index is 1.25. The molecule has 36 heavy (non-hydrogen) atoms. The van der Waals surface area contributed by atoms with Crippen LogP contribution >= 0.6 is 0 Å². The minimum Gasteiger partial charge on any atom is -0.378 e. The first kappa shape index (κ1) is 22.8. The minimum atomic E-state index is -0.0241. The highest BCUT2D eigenvalue weighted by Crippen LogP contribution is 2.16. The fraction of sp³-hybridized carbons (Fsp3) is 0.148. The number of aromatic amines is 2. The number of benzene rings is 1. The van der Waals surface area contributed by atoms with Crippen molar-refractivity contribution in [3.63, 3.8) is 0 Å². The first-order chi connectivity index (χ1) is 17.6. The van der Waals surface area contributed by atoms with E-state index in [1.54, 1.807) is 59.8 Å².